The molecule has 7 heteroatoms. The monoisotopic (exact) mass is 390 g/mol. The molecular weight excluding hydrogens is 372 g/mol. The number of anilines is 2. The van der Waals surface area contributed by atoms with E-state index in [0.29, 0.717) is 16.7 Å². The molecule has 2 heterocycles. The summed E-state index contributed by atoms with van der Waals surface area (Å²) in [6.07, 6.45) is 5.20. The number of rotatable bonds is 5. The van der Waals surface area contributed by atoms with Gasteiger partial charge < -0.3 is 14.7 Å². The van der Waals surface area contributed by atoms with Crippen molar-refractivity contribution in [3.63, 3.8) is 0 Å². The molecule has 0 aliphatic heterocycles. The topological polar surface area (TPSA) is 71.4 Å². The van der Waals surface area contributed by atoms with Crippen LogP contribution in [0.5, 0.6) is 17.6 Å². The van der Waals surface area contributed by atoms with E-state index in [1.54, 1.807) is 30.2 Å². The Kier molecular flexibility index (Phi) is 4.99. The molecule has 0 bridgehead atoms. The lowest BCUT2D eigenvalue weighted by Gasteiger charge is -2.20. The summed E-state index contributed by atoms with van der Waals surface area (Å²) in [5.74, 6) is 0.449. The van der Waals surface area contributed by atoms with E-state index < -0.39 is 0 Å². The fourth-order valence-electron chi connectivity index (χ4n) is 2.80. The number of pyridine rings is 1. The molecule has 4 rings (SSSR count). The third kappa shape index (κ3) is 3.70. The summed E-state index contributed by atoms with van der Waals surface area (Å²) in [6.45, 7) is 0. The minimum atomic E-state index is -0.132. The summed E-state index contributed by atoms with van der Waals surface area (Å²) in [7, 11) is 2.02. The first kappa shape index (κ1) is 18.1. The molecule has 0 saturated heterocycles. The van der Waals surface area contributed by atoms with E-state index in [1.165, 1.54) is 4.90 Å². The van der Waals surface area contributed by atoms with Gasteiger partial charge in [0.15, 0.2) is 0 Å². The molecule has 0 aliphatic carbocycles. The second kappa shape index (κ2) is 7.74. The minimum Gasteiger partial charge on any atom is -0.493 e. The number of hydrogen-bond acceptors (Lipinski definition) is 7. The highest BCUT2D eigenvalue weighted by atomic mass is 32.2. The number of ether oxygens (including phenoxy) is 1. The van der Waals surface area contributed by atoms with Gasteiger partial charge in [0.05, 0.1) is 17.1 Å². The SMILES string of the molecule is CSc1cccc(N(C)c2ccc(Oc3nc(O)c4ccncc4n3)cc2)c1. The molecule has 0 aliphatic rings. The number of thioether (sulfide) groups is 1. The highest BCUT2D eigenvalue weighted by Gasteiger charge is 2.10. The number of nitrogens with zero attached hydrogens (tertiary/aromatic N) is 4. The summed E-state index contributed by atoms with van der Waals surface area (Å²) >= 11 is 1.72. The lowest BCUT2D eigenvalue weighted by Crippen LogP contribution is -2.09. The number of aromatic nitrogens is 3. The third-order valence-corrected chi connectivity index (χ3v) is 5.06. The molecule has 4 aromatic rings. The van der Waals surface area contributed by atoms with Crippen LogP contribution < -0.4 is 9.64 Å². The van der Waals surface area contributed by atoms with Crippen LogP contribution in [0.3, 0.4) is 0 Å². The van der Waals surface area contributed by atoms with Gasteiger partial charge in [-0.15, -0.1) is 11.8 Å². The number of hydrogen-bond donors (Lipinski definition) is 1. The van der Waals surface area contributed by atoms with E-state index in [1.807, 2.05) is 37.4 Å². The van der Waals surface area contributed by atoms with Gasteiger partial charge >= 0.3 is 6.01 Å². The quantitative estimate of drug-likeness (QED) is 0.480. The Balaban J connectivity index is 1.55. The molecule has 2 aromatic heterocycles. The largest absolute Gasteiger partial charge is 0.493 e. The van der Waals surface area contributed by atoms with E-state index in [0.717, 1.165) is 11.4 Å². The van der Waals surface area contributed by atoms with E-state index in [-0.39, 0.29) is 11.9 Å². The summed E-state index contributed by atoms with van der Waals surface area (Å²) in [4.78, 5) is 15.6. The molecule has 0 spiro atoms. The van der Waals surface area contributed by atoms with E-state index >= 15 is 0 Å². The lowest BCUT2D eigenvalue weighted by atomic mass is 10.2. The maximum atomic E-state index is 10.0. The van der Waals surface area contributed by atoms with Gasteiger partial charge in [0, 0.05) is 29.5 Å². The Morgan fingerprint density at radius 1 is 1.00 bits per heavy atom. The van der Waals surface area contributed by atoms with Crippen molar-refractivity contribution in [2.24, 2.45) is 0 Å². The molecule has 0 amide bonds. The normalized spacial score (nSPS) is 10.8. The maximum absolute atomic E-state index is 10.0. The molecule has 28 heavy (non-hydrogen) atoms. The van der Waals surface area contributed by atoms with Crippen LogP contribution in [0.4, 0.5) is 11.4 Å². The first-order valence-electron chi connectivity index (χ1n) is 8.60. The zero-order valence-electron chi connectivity index (χ0n) is 15.4. The molecule has 0 atom stereocenters. The second-order valence-electron chi connectivity index (χ2n) is 6.08. The van der Waals surface area contributed by atoms with Crippen molar-refractivity contribution in [2.75, 3.05) is 18.2 Å². The number of aromatic hydroxyl groups is 1. The summed E-state index contributed by atoms with van der Waals surface area (Å²) in [6, 6.07) is 17.7. The maximum Gasteiger partial charge on any atom is 0.325 e. The molecule has 0 unspecified atom stereocenters. The van der Waals surface area contributed by atoms with Gasteiger partial charge in [-0.1, -0.05) is 6.07 Å². The molecule has 0 saturated carbocycles. The van der Waals surface area contributed by atoms with Crippen LogP contribution in [-0.2, 0) is 0 Å². The van der Waals surface area contributed by atoms with Crippen LogP contribution in [0.1, 0.15) is 0 Å². The first-order chi connectivity index (χ1) is 13.6. The summed E-state index contributed by atoms with van der Waals surface area (Å²) in [5, 5.41) is 10.6. The lowest BCUT2D eigenvalue weighted by molar-refractivity contribution is 0.412. The van der Waals surface area contributed by atoms with Crippen molar-refractivity contribution < 1.29 is 9.84 Å². The molecule has 1 N–H and O–H groups in total. The molecule has 0 fully saturated rings. The van der Waals surface area contributed by atoms with E-state index in [4.69, 9.17) is 4.74 Å². The van der Waals surface area contributed by atoms with Crippen LogP contribution in [0.25, 0.3) is 10.9 Å². The molecular formula is C21H18N4O2S. The Hall–Kier alpha value is -3.32. The Morgan fingerprint density at radius 3 is 2.61 bits per heavy atom. The highest BCUT2D eigenvalue weighted by Crippen LogP contribution is 2.30. The molecule has 2 aromatic carbocycles. The van der Waals surface area contributed by atoms with Crippen molar-refractivity contribution in [3.05, 3.63) is 67.0 Å². The average molecular weight is 390 g/mol. The van der Waals surface area contributed by atoms with Crippen LogP contribution in [-0.4, -0.2) is 33.4 Å². The minimum absolute atomic E-state index is 0.0757. The summed E-state index contributed by atoms with van der Waals surface area (Å²) in [5.41, 5.74) is 2.66. The van der Waals surface area contributed by atoms with Gasteiger partial charge in [-0.05, 0) is 54.8 Å². The Bertz CT molecular complexity index is 1120. The standard InChI is InChI=1S/C21H18N4O2S/c1-25(15-4-3-5-17(12-15)28-2)14-6-8-16(9-7-14)27-21-23-19-13-22-11-10-18(19)20(26)24-21/h3-13H,1-2H3,(H,23,24,26). The first-order valence-corrected chi connectivity index (χ1v) is 9.83. The fraction of sp³-hybridized carbons (Fsp3) is 0.0952. The van der Waals surface area contributed by atoms with Crippen molar-refractivity contribution in [1.29, 1.82) is 0 Å². The van der Waals surface area contributed by atoms with Gasteiger partial charge in [-0.3, -0.25) is 4.98 Å². The van der Waals surface area contributed by atoms with E-state index in [9.17, 15) is 5.11 Å². The van der Waals surface area contributed by atoms with Gasteiger partial charge in [0.2, 0.25) is 5.88 Å². The fourth-order valence-corrected chi connectivity index (χ4v) is 3.25. The van der Waals surface area contributed by atoms with Gasteiger partial charge in [0.1, 0.15) is 5.75 Å². The van der Waals surface area contributed by atoms with Gasteiger partial charge in [0.25, 0.3) is 0 Å². The van der Waals surface area contributed by atoms with Crippen molar-refractivity contribution >= 4 is 34.0 Å². The third-order valence-electron chi connectivity index (χ3n) is 4.33. The van der Waals surface area contributed by atoms with Gasteiger partial charge in [-0.25, -0.2) is 0 Å². The predicted octanol–water partition coefficient (Wildman–Crippen LogP) is 5.01. The zero-order chi connectivity index (χ0) is 19.5. The van der Waals surface area contributed by atoms with Crippen molar-refractivity contribution in [3.8, 4) is 17.6 Å². The predicted molar refractivity (Wildman–Crippen MR) is 112 cm³/mol. The molecule has 6 nitrogen and oxygen atoms in total. The average Bonchev–Trinajstić information content (AvgIpc) is 2.74. The Labute approximate surface area is 166 Å². The summed E-state index contributed by atoms with van der Waals surface area (Å²) < 4.78 is 5.71. The second-order valence-corrected chi connectivity index (χ2v) is 6.96. The van der Waals surface area contributed by atoms with Crippen LogP contribution in [0, 0.1) is 0 Å². The number of fused-ring (bicyclic) bond motifs is 1. The van der Waals surface area contributed by atoms with Crippen LogP contribution in [0.15, 0.2) is 71.9 Å². The smallest absolute Gasteiger partial charge is 0.325 e. The van der Waals surface area contributed by atoms with Crippen molar-refractivity contribution in [1.82, 2.24) is 15.0 Å². The van der Waals surface area contributed by atoms with Crippen LogP contribution in [0.2, 0.25) is 0 Å². The van der Waals surface area contributed by atoms with E-state index in [2.05, 4.69) is 44.3 Å². The molecule has 0 radical (unpaired) electrons. The van der Waals surface area contributed by atoms with Crippen LogP contribution >= 0.6 is 11.8 Å². The zero-order valence-corrected chi connectivity index (χ0v) is 16.2. The number of benzene rings is 2. The Morgan fingerprint density at radius 2 is 1.82 bits per heavy atom. The van der Waals surface area contributed by atoms with Gasteiger partial charge in [-0.2, -0.15) is 9.97 Å². The highest BCUT2D eigenvalue weighted by molar-refractivity contribution is 7.98. The molecule has 140 valence electrons. The van der Waals surface area contributed by atoms with Crippen molar-refractivity contribution in [2.45, 2.75) is 4.90 Å².